The minimum absolute atomic E-state index is 0.691. The van der Waals surface area contributed by atoms with Gasteiger partial charge in [0.05, 0.1) is 13.2 Å². The van der Waals surface area contributed by atoms with Crippen molar-refractivity contribution in [3.05, 3.63) is 89.5 Å². The van der Waals surface area contributed by atoms with Gasteiger partial charge in [-0.05, 0) is 66.7 Å². The molecule has 0 amide bonds. The first-order valence-corrected chi connectivity index (χ1v) is 9.80. The highest BCUT2D eigenvalue weighted by molar-refractivity contribution is 5.47. The molecule has 0 saturated heterocycles. The number of allylic oxidation sites excluding steroid dienone is 1. The van der Waals surface area contributed by atoms with Gasteiger partial charge in [-0.1, -0.05) is 73.3 Å². The summed E-state index contributed by atoms with van der Waals surface area (Å²) in [4.78, 5) is 0. The van der Waals surface area contributed by atoms with Gasteiger partial charge in [0.2, 0.25) is 0 Å². The Hall–Kier alpha value is -2.12. The number of ether oxygens (including phenoxy) is 1. The molecule has 0 N–H and O–H groups in total. The zero-order chi connectivity index (χ0) is 18.2. The predicted molar refractivity (Wildman–Crippen MR) is 111 cm³/mol. The van der Waals surface area contributed by atoms with E-state index in [1.807, 2.05) is 25.2 Å². The van der Waals surface area contributed by atoms with E-state index in [-0.39, 0.29) is 0 Å². The van der Waals surface area contributed by atoms with Crippen LogP contribution in [-0.4, -0.2) is 6.61 Å². The van der Waals surface area contributed by atoms with E-state index in [1.165, 1.54) is 47.9 Å². The minimum atomic E-state index is 0.691. The van der Waals surface area contributed by atoms with E-state index < -0.39 is 0 Å². The lowest BCUT2D eigenvalue weighted by Gasteiger charge is -2.29. The van der Waals surface area contributed by atoms with Crippen molar-refractivity contribution in [3.8, 4) is 0 Å². The van der Waals surface area contributed by atoms with Crippen molar-refractivity contribution >= 4 is 6.08 Å². The summed E-state index contributed by atoms with van der Waals surface area (Å²) in [7, 11) is 0. The maximum atomic E-state index is 5.63. The zero-order valence-corrected chi connectivity index (χ0v) is 15.9. The van der Waals surface area contributed by atoms with Crippen LogP contribution in [0.2, 0.25) is 0 Å². The first-order valence-electron chi connectivity index (χ1n) is 9.80. The Balaban J connectivity index is 1.51. The van der Waals surface area contributed by atoms with Gasteiger partial charge in [0.15, 0.2) is 0 Å². The van der Waals surface area contributed by atoms with Crippen molar-refractivity contribution < 1.29 is 4.74 Å². The highest BCUT2D eigenvalue weighted by Crippen LogP contribution is 2.40. The first kappa shape index (κ1) is 18.7. The largest absolute Gasteiger partial charge is 0.373 e. The Morgan fingerprint density at radius 1 is 0.885 bits per heavy atom. The highest BCUT2D eigenvalue weighted by Gasteiger charge is 2.23. The smallest absolute Gasteiger partial charge is 0.0721 e. The maximum Gasteiger partial charge on any atom is 0.0721 e. The Labute approximate surface area is 158 Å². The standard InChI is InChI=1S/C25H30O/c1-3-5-18-26-19-21-8-12-23(13-9-21)25-16-14-24(15-17-25)22-10-6-20(4-2)7-11-22/h3-13,24-25H,2,14-19H2,1H3. The van der Waals surface area contributed by atoms with E-state index >= 15 is 0 Å². The molecule has 1 saturated carbocycles. The van der Waals surface area contributed by atoms with Crippen molar-refractivity contribution in [1.82, 2.24) is 0 Å². The Morgan fingerprint density at radius 2 is 1.42 bits per heavy atom. The van der Waals surface area contributed by atoms with Gasteiger partial charge in [0.1, 0.15) is 0 Å². The summed E-state index contributed by atoms with van der Waals surface area (Å²) in [6.07, 6.45) is 11.1. The Kier molecular flexibility index (Phi) is 6.85. The third-order valence-electron chi connectivity index (χ3n) is 5.54. The Bertz CT molecular complexity index is 701. The van der Waals surface area contributed by atoms with Crippen LogP contribution >= 0.6 is 0 Å². The van der Waals surface area contributed by atoms with Crippen LogP contribution in [0.4, 0.5) is 0 Å². The second-order valence-electron chi connectivity index (χ2n) is 7.25. The topological polar surface area (TPSA) is 9.23 Å². The zero-order valence-electron chi connectivity index (χ0n) is 15.9. The first-order chi connectivity index (χ1) is 12.8. The second kappa shape index (κ2) is 9.54. The summed E-state index contributed by atoms with van der Waals surface area (Å²) >= 11 is 0. The molecule has 2 aromatic rings. The summed E-state index contributed by atoms with van der Waals surface area (Å²) in [5.74, 6) is 1.42. The monoisotopic (exact) mass is 346 g/mol. The average Bonchev–Trinajstić information content (AvgIpc) is 2.72. The molecule has 0 radical (unpaired) electrons. The molecule has 3 rings (SSSR count). The molecule has 0 atom stereocenters. The van der Waals surface area contributed by atoms with Gasteiger partial charge in [-0.3, -0.25) is 0 Å². The van der Waals surface area contributed by atoms with Gasteiger partial charge in [0.25, 0.3) is 0 Å². The molecule has 1 heteroatoms. The molecule has 0 bridgehead atoms. The normalized spacial score (nSPS) is 20.3. The second-order valence-corrected chi connectivity index (χ2v) is 7.25. The lowest BCUT2D eigenvalue weighted by atomic mass is 9.76. The summed E-state index contributed by atoms with van der Waals surface area (Å²) in [6.45, 7) is 7.24. The van der Waals surface area contributed by atoms with Crippen molar-refractivity contribution in [2.45, 2.75) is 51.0 Å². The van der Waals surface area contributed by atoms with Crippen molar-refractivity contribution in [2.75, 3.05) is 6.61 Å². The maximum absolute atomic E-state index is 5.63. The average molecular weight is 347 g/mol. The van der Waals surface area contributed by atoms with Crippen LogP contribution < -0.4 is 0 Å². The molecule has 0 unspecified atom stereocenters. The van der Waals surface area contributed by atoms with Crippen LogP contribution in [0.1, 0.15) is 66.7 Å². The van der Waals surface area contributed by atoms with E-state index in [1.54, 1.807) is 0 Å². The fourth-order valence-corrected chi connectivity index (χ4v) is 3.89. The third kappa shape index (κ3) is 4.95. The molecular formula is C25H30O. The predicted octanol–water partition coefficient (Wildman–Crippen LogP) is 6.86. The molecule has 0 aromatic heterocycles. The molecule has 1 aliphatic rings. The van der Waals surface area contributed by atoms with Gasteiger partial charge in [-0.15, -0.1) is 0 Å². The molecule has 136 valence electrons. The molecular weight excluding hydrogens is 316 g/mol. The van der Waals surface area contributed by atoms with Crippen LogP contribution in [0.25, 0.3) is 6.08 Å². The SMILES string of the molecule is C=Cc1ccc(C2CCC(c3ccc(COCC=CC)cc3)CC2)cc1. The number of rotatable bonds is 7. The molecule has 26 heavy (non-hydrogen) atoms. The van der Waals surface area contributed by atoms with Gasteiger partial charge in [-0.2, -0.15) is 0 Å². The van der Waals surface area contributed by atoms with Crippen molar-refractivity contribution in [1.29, 1.82) is 0 Å². The van der Waals surface area contributed by atoms with Crippen LogP contribution in [-0.2, 0) is 11.3 Å². The summed E-state index contributed by atoms with van der Waals surface area (Å²) in [5.41, 5.74) is 5.44. The fourth-order valence-electron chi connectivity index (χ4n) is 3.89. The molecule has 2 aromatic carbocycles. The van der Waals surface area contributed by atoms with Crippen LogP contribution in [0, 0.1) is 0 Å². The number of hydrogen-bond donors (Lipinski definition) is 0. The van der Waals surface area contributed by atoms with Crippen molar-refractivity contribution in [2.24, 2.45) is 0 Å². The lowest BCUT2D eigenvalue weighted by molar-refractivity contribution is 0.148. The highest BCUT2D eigenvalue weighted by atomic mass is 16.5. The quantitative estimate of drug-likeness (QED) is 0.393. The van der Waals surface area contributed by atoms with Gasteiger partial charge in [0, 0.05) is 0 Å². The van der Waals surface area contributed by atoms with Crippen LogP contribution in [0.3, 0.4) is 0 Å². The van der Waals surface area contributed by atoms with Crippen LogP contribution in [0.5, 0.6) is 0 Å². The number of benzene rings is 2. The molecule has 1 aliphatic carbocycles. The summed E-state index contributed by atoms with van der Waals surface area (Å²) < 4.78 is 5.63. The van der Waals surface area contributed by atoms with Gasteiger partial charge in [-0.25, -0.2) is 0 Å². The molecule has 0 spiro atoms. The van der Waals surface area contributed by atoms with Crippen LogP contribution in [0.15, 0.2) is 67.3 Å². The van der Waals surface area contributed by atoms with E-state index in [2.05, 4.69) is 55.1 Å². The summed E-state index contributed by atoms with van der Waals surface area (Å²) in [6, 6.07) is 18.0. The van der Waals surface area contributed by atoms with E-state index in [9.17, 15) is 0 Å². The van der Waals surface area contributed by atoms with Gasteiger partial charge < -0.3 is 4.74 Å². The molecule has 0 aliphatic heterocycles. The lowest BCUT2D eigenvalue weighted by Crippen LogP contribution is -2.12. The van der Waals surface area contributed by atoms with E-state index in [0.717, 1.165) is 0 Å². The molecule has 1 nitrogen and oxygen atoms in total. The third-order valence-corrected chi connectivity index (χ3v) is 5.54. The molecule has 1 fully saturated rings. The minimum Gasteiger partial charge on any atom is -0.373 e. The van der Waals surface area contributed by atoms with E-state index in [4.69, 9.17) is 4.74 Å². The number of hydrogen-bond acceptors (Lipinski definition) is 1. The van der Waals surface area contributed by atoms with Gasteiger partial charge >= 0.3 is 0 Å². The fraction of sp³-hybridized carbons (Fsp3) is 0.360. The molecule has 0 heterocycles. The van der Waals surface area contributed by atoms with E-state index in [0.29, 0.717) is 25.0 Å². The summed E-state index contributed by atoms with van der Waals surface area (Å²) in [5, 5.41) is 0. The van der Waals surface area contributed by atoms with Crippen molar-refractivity contribution in [3.63, 3.8) is 0 Å². The Morgan fingerprint density at radius 3 is 1.92 bits per heavy atom.